The third-order valence-electron chi connectivity index (χ3n) is 3.44. The van der Waals surface area contributed by atoms with Gasteiger partial charge in [0.2, 0.25) is 0 Å². The highest BCUT2D eigenvalue weighted by Crippen LogP contribution is 2.26. The van der Waals surface area contributed by atoms with Gasteiger partial charge in [0, 0.05) is 17.0 Å². The summed E-state index contributed by atoms with van der Waals surface area (Å²) in [5, 5.41) is 0. The van der Waals surface area contributed by atoms with E-state index in [1.54, 1.807) is 0 Å². The summed E-state index contributed by atoms with van der Waals surface area (Å²) in [5.41, 5.74) is 11.5. The number of rotatable bonds is 5. The molecular weight excluding hydrogens is 405 g/mol. The van der Waals surface area contributed by atoms with Crippen LogP contribution in [-0.4, -0.2) is 15.7 Å². The lowest BCUT2D eigenvalue weighted by molar-refractivity contribution is 0.896. The van der Waals surface area contributed by atoms with Crippen molar-refractivity contribution >= 4 is 46.9 Å². The Morgan fingerprint density at radius 1 is 1.00 bits per heavy atom. The molecular formula is C17H16IN3S. The number of hydrogen-bond acceptors (Lipinski definition) is 4. The number of aryl methyl sites for hydroxylation is 1. The van der Waals surface area contributed by atoms with Crippen LogP contribution < -0.4 is 5.73 Å². The largest absolute Gasteiger partial charge is 0.399 e. The number of halogens is 1. The van der Waals surface area contributed by atoms with Crippen LogP contribution in [0.4, 0.5) is 5.69 Å². The van der Waals surface area contributed by atoms with Gasteiger partial charge in [-0.15, -0.1) is 0 Å². The van der Waals surface area contributed by atoms with Gasteiger partial charge in [-0.2, -0.15) is 0 Å². The van der Waals surface area contributed by atoms with Gasteiger partial charge in [0.05, 0.1) is 22.4 Å². The Hall–Kier alpha value is -1.34. The van der Waals surface area contributed by atoms with E-state index in [4.69, 9.17) is 15.7 Å². The zero-order valence-corrected chi connectivity index (χ0v) is 15.0. The quantitative estimate of drug-likeness (QED) is 0.362. The summed E-state index contributed by atoms with van der Waals surface area (Å²) in [6.07, 6.45) is 2.04. The van der Waals surface area contributed by atoms with Crippen molar-refractivity contribution in [2.75, 3.05) is 11.5 Å². The van der Waals surface area contributed by atoms with Crippen LogP contribution in [0.15, 0.2) is 48.5 Å². The molecule has 0 bridgehead atoms. The second-order valence-corrected chi connectivity index (χ2v) is 7.54. The topological polar surface area (TPSA) is 51.8 Å². The molecule has 2 N–H and O–H groups in total. The Morgan fingerprint density at radius 3 is 2.59 bits per heavy atom. The zero-order chi connectivity index (χ0) is 15.4. The van der Waals surface area contributed by atoms with Gasteiger partial charge in [-0.05, 0) is 52.2 Å². The first-order chi connectivity index (χ1) is 10.8. The Kier molecular flexibility index (Phi) is 5.15. The van der Waals surface area contributed by atoms with Crippen LogP contribution in [0.2, 0.25) is 0 Å². The molecule has 0 atom stereocenters. The van der Waals surface area contributed by atoms with Crippen LogP contribution in [0.1, 0.15) is 12.1 Å². The van der Waals surface area contributed by atoms with E-state index in [1.807, 2.05) is 45.3 Å². The molecule has 0 radical (unpaired) electrons. The molecule has 0 saturated carbocycles. The fraction of sp³-hybridized carbons (Fsp3) is 0.176. The Morgan fingerprint density at radius 2 is 1.82 bits per heavy atom. The molecule has 5 heteroatoms. The molecule has 0 spiro atoms. The summed E-state index contributed by atoms with van der Waals surface area (Å²) < 4.78 is 0. The first-order valence-electron chi connectivity index (χ1n) is 7.13. The van der Waals surface area contributed by atoms with E-state index in [1.165, 1.54) is 0 Å². The molecule has 1 aromatic heterocycles. The number of anilines is 1. The SMILES string of the molecule is Nc1ccc2nc(CCCSI)c(-c3ccccc3)nc2c1. The van der Waals surface area contributed by atoms with Crippen LogP contribution in [0, 0.1) is 0 Å². The molecule has 2 aromatic carbocycles. The smallest absolute Gasteiger partial charge is 0.0925 e. The number of aromatic nitrogens is 2. The van der Waals surface area contributed by atoms with E-state index in [9.17, 15) is 0 Å². The normalized spacial score (nSPS) is 11.0. The Balaban J connectivity index is 2.10. The fourth-order valence-electron chi connectivity index (χ4n) is 2.40. The molecule has 112 valence electrons. The fourth-order valence-corrected chi connectivity index (χ4v) is 3.59. The molecule has 3 aromatic rings. The summed E-state index contributed by atoms with van der Waals surface area (Å²) in [5.74, 6) is 1.12. The highest BCUT2D eigenvalue weighted by Gasteiger charge is 2.11. The minimum Gasteiger partial charge on any atom is -0.399 e. The number of fused-ring (bicyclic) bond motifs is 1. The molecule has 0 saturated heterocycles. The third kappa shape index (κ3) is 3.52. The van der Waals surface area contributed by atoms with Crippen LogP contribution >= 0.6 is 30.1 Å². The molecule has 0 fully saturated rings. The van der Waals surface area contributed by atoms with Gasteiger partial charge in [0.1, 0.15) is 0 Å². The first kappa shape index (κ1) is 15.6. The van der Waals surface area contributed by atoms with E-state index < -0.39 is 0 Å². The molecule has 0 aliphatic rings. The lowest BCUT2D eigenvalue weighted by Crippen LogP contribution is -2.00. The van der Waals surface area contributed by atoms with E-state index in [2.05, 4.69) is 33.3 Å². The highest BCUT2D eigenvalue weighted by molar-refractivity contribution is 14.2. The lowest BCUT2D eigenvalue weighted by atomic mass is 10.1. The van der Waals surface area contributed by atoms with Gasteiger partial charge < -0.3 is 5.73 Å². The molecule has 3 nitrogen and oxygen atoms in total. The van der Waals surface area contributed by atoms with Gasteiger partial charge >= 0.3 is 0 Å². The van der Waals surface area contributed by atoms with Crippen molar-refractivity contribution in [3.8, 4) is 11.3 Å². The van der Waals surface area contributed by atoms with Crippen LogP contribution in [-0.2, 0) is 6.42 Å². The van der Waals surface area contributed by atoms with Gasteiger partial charge in [-0.1, -0.05) is 39.3 Å². The van der Waals surface area contributed by atoms with E-state index in [0.717, 1.165) is 52.3 Å². The lowest BCUT2D eigenvalue weighted by Gasteiger charge is -2.10. The maximum atomic E-state index is 5.88. The molecule has 0 amide bonds. The van der Waals surface area contributed by atoms with E-state index in [0.29, 0.717) is 0 Å². The van der Waals surface area contributed by atoms with Crippen molar-refractivity contribution in [3.63, 3.8) is 0 Å². The standard InChI is InChI=1S/C17H16IN3S/c18-22-10-4-7-15-17(12-5-2-1-3-6-12)21-16-11-13(19)8-9-14(16)20-15/h1-3,5-6,8-9,11H,4,7,10,19H2. The maximum absolute atomic E-state index is 5.88. The van der Waals surface area contributed by atoms with Crippen molar-refractivity contribution in [1.82, 2.24) is 9.97 Å². The zero-order valence-electron chi connectivity index (χ0n) is 12.0. The van der Waals surface area contributed by atoms with Gasteiger partial charge in [0.15, 0.2) is 0 Å². The Labute approximate surface area is 146 Å². The number of hydrogen-bond donors (Lipinski definition) is 1. The van der Waals surface area contributed by atoms with Crippen LogP contribution in [0.25, 0.3) is 22.3 Å². The first-order valence-corrected chi connectivity index (χ1v) is 10.7. The van der Waals surface area contributed by atoms with Gasteiger partial charge in [-0.25, -0.2) is 9.97 Å². The molecule has 0 unspecified atom stereocenters. The van der Waals surface area contributed by atoms with Crippen LogP contribution in [0.5, 0.6) is 0 Å². The minimum atomic E-state index is 0.717. The molecule has 1 heterocycles. The van der Waals surface area contributed by atoms with Crippen molar-refractivity contribution in [3.05, 3.63) is 54.2 Å². The second-order valence-electron chi connectivity index (χ2n) is 5.05. The average Bonchev–Trinajstić information content (AvgIpc) is 2.55. The highest BCUT2D eigenvalue weighted by atomic mass is 127. The number of nitrogen functional groups attached to an aromatic ring is 1. The predicted molar refractivity (Wildman–Crippen MR) is 104 cm³/mol. The summed E-state index contributed by atoms with van der Waals surface area (Å²) in [7, 11) is 1.83. The Bertz CT molecular complexity index is 777. The molecule has 0 aliphatic carbocycles. The van der Waals surface area contributed by atoms with Gasteiger partial charge in [-0.3, -0.25) is 0 Å². The van der Waals surface area contributed by atoms with E-state index >= 15 is 0 Å². The van der Waals surface area contributed by atoms with Crippen LogP contribution in [0.3, 0.4) is 0 Å². The third-order valence-corrected chi connectivity index (χ3v) is 5.21. The predicted octanol–water partition coefficient (Wildman–Crippen LogP) is 4.89. The van der Waals surface area contributed by atoms with Crippen molar-refractivity contribution in [2.45, 2.75) is 12.8 Å². The number of benzene rings is 2. The molecule has 3 rings (SSSR count). The minimum absolute atomic E-state index is 0.717. The number of nitrogens with zero attached hydrogens (tertiary/aromatic N) is 2. The van der Waals surface area contributed by atoms with Gasteiger partial charge in [0.25, 0.3) is 0 Å². The maximum Gasteiger partial charge on any atom is 0.0925 e. The molecule has 0 aliphatic heterocycles. The number of nitrogens with two attached hydrogens (primary N) is 1. The summed E-state index contributed by atoms with van der Waals surface area (Å²) in [6, 6.07) is 16.0. The summed E-state index contributed by atoms with van der Waals surface area (Å²) >= 11 is 2.33. The van der Waals surface area contributed by atoms with E-state index in [-0.39, 0.29) is 0 Å². The summed E-state index contributed by atoms with van der Waals surface area (Å²) in [6.45, 7) is 0. The average molecular weight is 421 g/mol. The van der Waals surface area contributed by atoms with Crippen molar-refractivity contribution in [2.24, 2.45) is 0 Å². The van der Waals surface area contributed by atoms with Crippen molar-refractivity contribution in [1.29, 1.82) is 0 Å². The monoisotopic (exact) mass is 421 g/mol. The van der Waals surface area contributed by atoms with Crippen molar-refractivity contribution < 1.29 is 0 Å². The molecule has 22 heavy (non-hydrogen) atoms. The second kappa shape index (κ2) is 7.28. The summed E-state index contributed by atoms with van der Waals surface area (Å²) in [4.78, 5) is 9.67.